The van der Waals surface area contributed by atoms with Gasteiger partial charge in [0.25, 0.3) is 0 Å². The average molecular weight is 977 g/mol. The van der Waals surface area contributed by atoms with Gasteiger partial charge in [-0.15, -0.1) is 0 Å². The summed E-state index contributed by atoms with van der Waals surface area (Å²) >= 11 is 0. The second-order valence-electron chi connectivity index (χ2n) is 19.9. The molecule has 0 saturated heterocycles. The summed E-state index contributed by atoms with van der Waals surface area (Å²) in [5, 5.41) is 0. The van der Waals surface area contributed by atoms with E-state index in [2.05, 4.69) is 74.6 Å². The first-order valence-corrected chi connectivity index (χ1v) is 29.5. The molecule has 68 heavy (non-hydrogen) atoms. The summed E-state index contributed by atoms with van der Waals surface area (Å²) in [6.45, 7) is 4.34. The zero-order valence-corrected chi connectivity index (χ0v) is 45.7. The van der Waals surface area contributed by atoms with Gasteiger partial charge in [0.15, 0.2) is 6.10 Å². The second kappa shape index (κ2) is 49.7. The molecule has 0 aliphatic heterocycles. The molecule has 2 atom stereocenters. The summed E-state index contributed by atoms with van der Waals surface area (Å²) in [6.07, 6.45) is 62.8. The topological polar surface area (TPSA) is 108 Å². The Labute approximate surface area is 419 Å². The molecular formula is C58H107NO8P+. The van der Waals surface area contributed by atoms with E-state index >= 15 is 0 Å². The number of carbonyl (C=O) groups is 2. The average Bonchev–Trinajstić information content (AvgIpc) is 3.30. The molecule has 10 heteroatoms. The third kappa shape index (κ3) is 53.1. The SMILES string of the molecule is CC/C=C\C/C=C\C/C=C\C/C=C\C/C=C\CCCCCCCCCCCCCCCC(=O)OC(COC(=O)CCCCCCCCCCCCCCCCC)COP(=O)(O)OCC[N+](C)(C)C. The summed E-state index contributed by atoms with van der Waals surface area (Å²) in [7, 11) is 1.48. The van der Waals surface area contributed by atoms with E-state index in [4.69, 9.17) is 18.5 Å². The molecule has 0 rings (SSSR count). The van der Waals surface area contributed by atoms with Crippen molar-refractivity contribution in [3.05, 3.63) is 60.8 Å². The minimum Gasteiger partial charge on any atom is -0.462 e. The normalized spacial score (nSPS) is 13.8. The molecule has 9 nitrogen and oxygen atoms in total. The van der Waals surface area contributed by atoms with Crippen LogP contribution >= 0.6 is 7.82 Å². The monoisotopic (exact) mass is 977 g/mol. The molecule has 0 aromatic heterocycles. The number of carbonyl (C=O) groups excluding carboxylic acids is 2. The lowest BCUT2D eigenvalue weighted by molar-refractivity contribution is -0.870. The van der Waals surface area contributed by atoms with Crippen LogP contribution in [0.4, 0.5) is 0 Å². The van der Waals surface area contributed by atoms with Crippen LogP contribution < -0.4 is 0 Å². The van der Waals surface area contributed by atoms with Gasteiger partial charge in [0, 0.05) is 12.8 Å². The zero-order valence-electron chi connectivity index (χ0n) is 44.8. The van der Waals surface area contributed by atoms with Crippen LogP contribution in [-0.4, -0.2) is 74.9 Å². The van der Waals surface area contributed by atoms with E-state index in [0.717, 1.165) is 70.6 Å². The van der Waals surface area contributed by atoms with Gasteiger partial charge >= 0.3 is 19.8 Å². The molecule has 0 aromatic rings. The van der Waals surface area contributed by atoms with Gasteiger partial charge in [0.05, 0.1) is 27.7 Å². The molecular weight excluding hydrogens is 870 g/mol. The van der Waals surface area contributed by atoms with Gasteiger partial charge in [0.2, 0.25) is 0 Å². The summed E-state index contributed by atoms with van der Waals surface area (Å²) in [5.41, 5.74) is 0. The number of hydrogen-bond donors (Lipinski definition) is 1. The lowest BCUT2D eigenvalue weighted by atomic mass is 10.0. The third-order valence-electron chi connectivity index (χ3n) is 12.1. The van der Waals surface area contributed by atoms with Crippen LogP contribution in [0.5, 0.6) is 0 Å². The predicted octanol–water partition coefficient (Wildman–Crippen LogP) is 17.1. The van der Waals surface area contributed by atoms with E-state index in [1.165, 1.54) is 141 Å². The number of hydrogen-bond acceptors (Lipinski definition) is 7. The molecule has 0 radical (unpaired) electrons. The molecule has 0 spiro atoms. The largest absolute Gasteiger partial charge is 0.472 e. The van der Waals surface area contributed by atoms with Crippen LogP contribution in [0.1, 0.15) is 245 Å². The summed E-state index contributed by atoms with van der Waals surface area (Å²) in [4.78, 5) is 35.6. The number of likely N-dealkylation sites (N-methyl/N-ethyl adjacent to an activating group) is 1. The Kier molecular flexibility index (Phi) is 48.0. The Hall–Kier alpha value is -2.29. The predicted molar refractivity (Wildman–Crippen MR) is 289 cm³/mol. The van der Waals surface area contributed by atoms with Crippen LogP contribution in [0.15, 0.2) is 60.8 Å². The molecule has 0 aromatic carbocycles. The number of quaternary nitrogens is 1. The van der Waals surface area contributed by atoms with Crippen molar-refractivity contribution in [3.63, 3.8) is 0 Å². The lowest BCUT2D eigenvalue weighted by Gasteiger charge is -2.24. The molecule has 0 bridgehead atoms. The van der Waals surface area contributed by atoms with Gasteiger partial charge in [-0.05, 0) is 57.8 Å². The number of unbranched alkanes of at least 4 members (excludes halogenated alkanes) is 27. The van der Waals surface area contributed by atoms with Crippen LogP contribution in [0.25, 0.3) is 0 Å². The first-order valence-electron chi connectivity index (χ1n) is 28.0. The van der Waals surface area contributed by atoms with Crippen LogP contribution in [0.2, 0.25) is 0 Å². The maximum Gasteiger partial charge on any atom is 0.472 e. The number of allylic oxidation sites excluding steroid dienone is 10. The fourth-order valence-electron chi connectivity index (χ4n) is 7.75. The second-order valence-corrected chi connectivity index (χ2v) is 21.4. The number of esters is 2. The highest BCUT2D eigenvalue weighted by Crippen LogP contribution is 2.43. The molecule has 0 fully saturated rings. The molecule has 0 heterocycles. The minimum absolute atomic E-state index is 0.0316. The first-order chi connectivity index (χ1) is 33.0. The lowest BCUT2D eigenvalue weighted by Crippen LogP contribution is -2.37. The molecule has 0 amide bonds. The Balaban J connectivity index is 4.13. The Morgan fingerprint density at radius 1 is 0.471 bits per heavy atom. The van der Waals surface area contributed by atoms with E-state index in [9.17, 15) is 19.0 Å². The fourth-order valence-corrected chi connectivity index (χ4v) is 8.49. The summed E-state index contributed by atoms with van der Waals surface area (Å²) in [5.74, 6) is -0.791. The van der Waals surface area contributed by atoms with Crippen molar-refractivity contribution in [3.8, 4) is 0 Å². The van der Waals surface area contributed by atoms with Crippen molar-refractivity contribution in [2.45, 2.75) is 251 Å². The third-order valence-corrected chi connectivity index (χ3v) is 13.0. The van der Waals surface area contributed by atoms with Crippen LogP contribution in [0.3, 0.4) is 0 Å². The van der Waals surface area contributed by atoms with E-state index in [-0.39, 0.29) is 25.6 Å². The standard InChI is InChI=1S/C58H106NO8P/c1-6-8-10-12-14-16-18-20-22-23-24-25-26-27-28-29-30-31-32-33-34-35-37-39-41-43-45-47-49-51-58(61)67-56(55-66-68(62,63)65-53-52-59(3,4)5)54-64-57(60)50-48-46-44-42-40-38-36-21-19-17-15-13-11-9-7-2/h8,10,14,16,20,22,24-25,27-28,56H,6-7,9,11-13,15,17-19,21,23,26,29-55H2,1-5H3/p+1/b10-8-,16-14-,22-20-,25-24-,28-27-. The van der Waals surface area contributed by atoms with E-state index in [1.54, 1.807) is 0 Å². The van der Waals surface area contributed by atoms with Crippen molar-refractivity contribution in [1.29, 1.82) is 0 Å². The maximum absolute atomic E-state index is 12.8. The molecule has 2 unspecified atom stereocenters. The number of phosphoric ester groups is 1. The highest BCUT2D eigenvalue weighted by atomic mass is 31.2. The molecule has 396 valence electrons. The van der Waals surface area contributed by atoms with Crippen molar-refractivity contribution >= 4 is 19.8 Å². The Morgan fingerprint density at radius 3 is 1.25 bits per heavy atom. The van der Waals surface area contributed by atoms with Gasteiger partial charge in [-0.25, -0.2) is 4.57 Å². The van der Waals surface area contributed by atoms with E-state index in [0.29, 0.717) is 23.9 Å². The van der Waals surface area contributed by atoms with Crippen molar-refractivity contribution in [2.24, 2.45) is 0 Å². The van der Waals surface area contributed by atoms with Crippen molar-refractivity contribution in [1.82, 2.24) is 0 Å². The van der Waals surface area contributed by atoms with Gasteiger partial charge in [-0.1, -0.05) is 235 Å². The molecule has 1 N–H and O–H groups in total. The van der Waals surface area contributed by atoms with Gasteiger partial charge < -0.3 is 18.9 Å². The van der Waals surface area contributed by atoms with Crippen LogP contribution in [-0.2, 0) is 32.7 Å². The quantitative estimate of drug-likeness (QED) is 0.0211. The van der Waals surface area contributed by atoms with Crippen LogP contribution in [0, 0.1) is 0 Å². The molecule has 0 aliphatic carbocycles. The molecule has 0 saturated carbocycles. The number of ether oxygens (including phenoxy) is 2. The smallest absolute Gasteiger partial charge is 0.462 e. The van der Waals surface area contributed by atoms with Crippen molar-refractivity contribution < 1.29 is 42.1 Å². The minimum atomic E-state index is -4.38. The zero-order chi connectivity index (χ0) is 49.9. The fraction of sp³-hybridized carbons (Fsp3) is 0.793. The summed E-state index contributed by atoms with van der Waals surface area (Å²) in [6, 6.07) is 0. The highest BCUT2D eigenvalue weighted by Gasteiger charge is 2.27. The number of rotatable bonds is 51. The molecule has 0 aliphatic rings. The van der Waals surface area contributed by atoms with Gasteiger partial charge in [0.1, 0.15) is 19.8 Å². The highest BCUT2D eigenvalue weighted by molar-refractivity contribution is 7.47. The van der Waals surface area contributed by atoms with E-state index < -0.39 is 26.5 Å². The summed E-state index contributed by atoms with van der Waals surface area (Å²) < 4.78 is 34.5. The van der Waals surface area contributed by atoms with Gasteiger partial charge in [-0.2, -0.15) is 0 Å². The first kappa shape index (κ1) is 65.7. The number of phosphoric acid groups is 1. The number of nitrogens with zero attached hydrogens (tertiary/aromatic N) is 1. The van der Waals surface area contributed by atoms with Gasteiger partial charge in [-0.3, -0.25) is 18.6 Å². The van der Waals surface area contributed by atoms with E-state index in [1.807, 2.05) is 21.1 Å². The van der Waals surface area contributed by atoms with Crippen molar-refractivity contribution in [2.75, 3.05) is 47.5 Å². The Bertz CT molecular complexity index is 1340. The maximum atomic E-state index is 12.8. The Morgan fingerprint density at radius 2 is 0.838 bits per heavy atom.